The molecule has 0 bridgehead atoms. The summed E-state index contributed by atoms with van der Waals surface area (Å²) < 4.78 is 30.4. The Morgan fingerprint density at radius 1 is 1.12 bits per heavy atom. The van der Waals surface area contributed by atoms with Crippen molar-refractivity contribution in [1.82, 2.24) is 0 Å². The van der Waals surface area contributed by atoms with E-state index in [2.05, 4.69) is 4.84 Å². The third kappa shape index (κ3) is 3.96. The molecule has 0 atom stereocenters. The second kappa shape index (κ2) is 7.58. The maximum absolute atomic E-state index is 12.2. The monoisotopic (exact) mass is 393 g/mol. The van der Waals surface area contributed by atoms with E-state index in [-0.39, 0.29) is 15.7 Å². The van der Waals surface area contributed by atoms with Crippen LogP contribution in [0.3, 0.4) is 0 Å². The van der Waals surface area contributed by atoms with Crippen LogP contribution in [0.15, 0.2) is 47.4 Å². The van der Waals surface area contributed by atoms with Crippen LogP contribution in [-0.4, -0.2) is 26.6 Å². The number of primary sulfonamides is 1. The number of nitrogens with two attached hydrogens (primary N) is 2. The minimum atomic E-state index is -4.08. The van der Waals surface area contributed by atoms with E-state index in [1.165, 1.54) is 6.07 Å². The second-order valence-electron chi connectivity index (χ2n) is 5.88. The van der Waals surface area contributed by atoms with Crippen LogP contribution in [0.25, 0.3) is 0 Å². The van der Waals surface area contributed by atoms with Gasteiger partial charge in [0.15, 0.2) is 5.75 Å². The molecule has 0 aliphatic carbocycles. The summed E-state index contributed by atoms with van der Waals surface area (Å²) in [5.41, 5.74) is 0.945. The number of sulfonamides is 1. The first kappa shape index (κ1) is 18.6. The molecule has 1 saturated heterocycles. The summed E-state index contributed by atoms with van der Waals surface area (Å²) >= 11 is 5.07. The highest BCUT2D eigenvalue weighted by Gasteiger charge is 2.27. The Labute approximate surface area is 157 Å². The Morgan fingerprint density at radius 2 is 1.77 bits per heavy atom. The average molecular weight is 393 g/mol. The maximum Gasteiger partial charge on any atom is 0.241 e. The maximum atomic E-state index is 12.2. The van der Waals surface area contributed by atoms with Crippen molar-refractivity contribution < 1.29 is 18.0 Å². The zero-order valence-electron chi connectivity index (χ0n) is 13.9. The van der Waals surface area contributed by atoms with Gasteiger partial charge in [-0.25, -0.2) is 13.6 Å². The van der Waals surface area contributed by atoms with E-state index in [0.717, 1.165) is 25.9 Å². The van der Waals surface area contributed by atoms with E-state index >= 15 is 0 Å². The zero-order chi connectivity index (χ0) is 18.7. The van der Waals surface area contributed by atoms with Gasteiger partial charge in [0.05, 0.1) is 5.69 Å². The van der Waals surface area contributed by atoms with Gasteiger partial charge in [-0.2, -0.15) is 5.90 Å². The molecular weight excluding hydrogens is 374 g/mol. The van der Waals surface area contributed by atoms with Crippen molar-refractivity contribution in [3.05, 3.63) is 48.0 Å². The van der Waals surface area contributed by atoms with Crippen molar-refractivity contribution in [2.45, 2.75) is 17.7 Å². The van der Waals surface area contributed by atoms with Gasteiger partial charge in [-0.3, -0.25) is 0 Å². The van der Waals surface area contributed by atoms with Crippen molar-refractivity contribution in [2.75, 3.05) is 18.0 Å². The fourth-order valence-electron chi connectivity index (χ4n) is 2.89. The van der Waals surface area contributed by atoms with E-state index in [9.17, 15) is 8.42 Å². The molecule has 0 spiro atoms. The van der Waals surface area contributed by atoms with E-state index in [0.29, 0.717) is 17.0 Å². The summed E-state index contributed by atoms with van der Waals surface area (Å²) in [6.45, 7) is 1.55. The average Bonchev–Trinajstić information content (AvgIpc) is 3.15. The number of hydrogen-bond donors (Lipinski definition) is 2. The fourth-order valence-corrected chi connectivity index (χ4v) is 3.70. The van der Waals surface area contributed by atoms with Crippen LogP contribution in [0, 0.1) is 0 Å². The summed E-state index contributed by atoms with van der Waals surface area (Å²) in [6, 6.07) is 12.0. The fraction of sp³-hybridized carbons (Fsp3) is 0.235. The number of anilines is 1. The number of thiocarbonyl (C=S) groups is 1. The molecule has 0 radical (unpaired) electrons. The van der Waals surface area contributed by atoms with E-state index in [1.807, 2.05) is 11.0 Å². The molecule has 0 unspecified atom stereocenters. The number of para-hydroxylation sites is 1. The predicted molar refractivity (Wildman–Crippen MR) is 103 cm³/mol. The first-order valence-electron chi connectivity index (χ1n) is 8.00. The molecule has 0 saturated carbocycles. The van der Waals surface area contributed by atoms with Crippen LogP contribution in [0.5, 0.6) is 11.5 Å². The molecule has 138 valence electrons. The Balaban J connectivity index is 2.21. The minimum Gasteiger partial charge on any atom is -0.454 e. The van der Waals surface area contributed by atoms with Crippen LogP contribution in [0.4, 0.5) is 5.69 Å². The lowest BCUT2D eigenvalue weighted by atomic mass is 10.1. The number of nitrogens with zero attached hydrogens (tertiary/aromatic N) is 1. The quantitative estimate of drug-likeness (QED) is 0.593. The summed E-state index contributed by atoms with van der Waals surface area (Å²) in [4.78, 5) is 6.49. The predicted octanol–water partition coefficient (Wildman–Crippen LogP) is 2.29. The molecule has 9 heteroatoms. The first-order valence-corrected chi connectivity index (χ1v) is 9.95. The molecule has 1 heterocycles. The van der Waals surface area contributed by atoms with Crippen LogP contribution < -0.4 is 20.7 Å². The largest absolute Gasteiger partial charge is 0.454 e. The van der Waals surface area contributed by atoms with Gasteiger partial charge in [0, 0.05) is 18.7 Å². The standard InChI is InChI=1S/C17H19N3O4S2/c18-24-17(25)12-10-14(20-8-4-5-9-20)16(15(11-12)26(19,21)22)23-13-6-2-1-3-7-13/h1-3,6-7,10-11H,4-5,8-9,18H2,(H2,19,21,22). The zero-order valence-corrected chi connectivity index (χ0v) is 15.6. The Hall–Kier alpha value is -2.20. The van der Waals surface area contributed by atoms with Crippen LogP contribution in [0.1, 0.15) is 18.4 Å². The third-order valence-corrected chi connectivity index (χ3v) is 5.34. The summed E-state index contributed by atoms with van der Waals surface area (Å²) in [6.07, 6.45) is 2.00. The van der Waals surface area contributed by atoms with Gasteiger partial charge < -0.3 is 14.5 Å². The summed E-state index contributed by atoms with van der Waals surface area (Å²) in [5.74, 6) is 5.84. The van der Waals surface area contributed by atoms with Crippen LogP contribution in [0.2, 0.25) is 0 Å². The smallest absolute Gasteiger partial charge is 0.241 e. The van der Waals surface area contributed by atoms with E-state index in [4.69, 9.17) is 28.0 Å². The second-order valence-corrected chi connectivity index (χ2v) is 7.78. The summed E-state index contributed by atoms with van der Waals surface area (Å²) in [7, 11) is -4.08. The molecule has 2 aromatic carbocycles. The van der Waals surface area contributed by atoms with Gasteiger partial charge in [-0.15, -0.1) is 0 Å². The summed E-state index contributed by atoms with van der Waals surface area (Å²) in [5, 5.41) is 5.42. The molecular formula is C17H19N3O4S2. The highest BCUT2D eigenvalue weighted by molar-refractivity contribution is 7.89. The van der Waals surface area contributed by atoms with Crippen LogP contribution >= 0.6 is 12.2 Å². The minimum absolute atomic E-state index is 0.0263. The van der Waals surface area contributed by atoms with Crippen molar-refractivity contribution in [2.24, 2.45) is 11.0 Å². The molecule has 0 aromatic heterocycles. The number of benzene rings is 2. The molecule has 7 nitrogen and oxygen atoms in total. The van der Waals surface area contributed by atoms with Crippen molar-refractivity contribution in [1.29, 1.82) is 0 Å². The SMILES string of the molecule is NOC(=S)c1cc(N2CCCC2)c(Oc2ccccc2)c(S(N)(=O)=O)c1. The lowest BCUT2D eigenvalue weighted by molar-refractivity contribution is 0.331. The number of rotatable bonds is 5. The van der Waals surface area contributed by atoms with Gasteiger partial charge in [-0.1, -0.05) is 18.2 Å². The molecule has 26 heavy (non-hydrogen) atoms. The van der Waals surface area contributed by atoms with Gasteiger partial charge >= 0.3 is 0 Å². The molecule has 3 rings (SSSR count). The molecule has 2 aromatic rings. The van der Waals surface area contributed by atoms with Crippen molar-refractivity contribution in [3.63, 3.8) is 0 Å². The molecule has 1 aliphatic heterocycles. The Kier molecular flexibility index (Phi) is 5.42. The normalized spacial score (nSPS) is 14.3. The Morgan fingerprint density at radius 3 is 2.35 bits per heavy atom. The topological polar surface area (TPSA) is 108 Å². The number of ether oxygens (including phenoxy) is 1. The van der Waals surface area contributed by atoms with Gasteiger partial charge in [0.1, 0.15) is 10.6 Å². The van der Waals surface area contributed by atoms with Crippen molar-refractivity contribution in [3.8, 4) is 11.5 Å². The first-order chi connectivity index (χ1) is 12.4. The lowest BCUT2D eigenvalue weighted by Crippen LogP contribution is -2.22. The van der Waals surface area contributed by atoms with Gasteiger partial charge in [0.25, 0.3) is 0 Å². The Bertz CT molecular complexity index is 911. The molecule has 1 fully saturated rings. The molecule has 1 aliphatic rings. The third-order valence-electron chi connectivity index (χ3n) is 4.09. The lowest BCUT2D eigenvalue weighted by Gasteiger charge is -2.24. The molecule has 0 amide bonds. The van der Waals surface area contributed by atoms with Crippen molar-refractivity contribution >= 4 is 33.0 Å². The highest BCUT2D eigenvalue weighted by Crippen LogP contribution is 2.40. The van der Waals surface area contributed by atoms with E-state index in [1.54, 1.807) is 30.3 Å². The van der Waals surface area contributed by atoms with Gasteiger partial charge in [-0.05, 0) is 49.3 Å². The van der Waals surface area contributed by atoms with Gasteiger partial charge in [0.2, 0.25) is 15.1 Å². The van der Waals surface area contributed by atoms with Crippen LogP contribution in [-0.2, 0) is 14.9 Å². The number of hydrogen-bond acceptors (Lipinski definition) is 7. The van der Waals surface area contributed by atoms with E-state index < -0.39 is 10.0 Å². The highest BCUT2D eigenvalue weighted by atomic mass is 32.2. The molecule has 4 N–H and O–H groups in total.